The van der Waals surface area contributed by atoms with E-state index in [-0.39, 0.29) is 28.6 Å². The topological polar surface area (TPSA) is 83.6 Å². The zero-order valence-corrected chi connectivity index (χ0v) is 18.3. The molecule has 1 aliphatic rings. The number of aromatic hydroxyl groups is 1. The van der Waals surface area contributed by atoms with Gasteiger partial charge in [-0.05, 0) is 46.8 Å². The molecule has 1 heterocycles. The van der Waals surface area contributed by atoms with Gasteiger partial charge in [-0.15, -0.1) is 0 Å². The zero-order valence-electron chi connectivity index (χ0n) is 18.3. The monoisotopic (exact) mass is 388 g/mol. The summed E-state index contributed by atoms with van der Waals surface area (Å²) in [5.74, 6) is 0.111. The Morgan fingerprint density at radius 2 is 1.50 bits per heavy atom. The number of nitrogens with zero attached hydrogens (tertiary/aromatic N) is 1. The third kappa shape index (κ3) is 5.27. The Morgan fingerprint density at radius 3 is 1.89 bits per heavy atom. The summed E-state index contributed by atoms with van der Waals surface area (Å²) in [7, 11) is 0. The molecule has 1 aromatic carbocycles. The van der Waals surface area contributed by atoms with Gasteiger partial charge in [0.05, 0.1) is 0 Å². The van der Waals surface area contributed by atoms with Crippen LogP contribution in [0.5, 0.6) is 5.75 Å². The molecule has 0 bridgehead atoms. The number of phenolic OH excluding ortho intramolecular Hbond substituents is 1. The Hall–Kier alpha value is -2.04. The van der Waals surface area contributed by atoms with Gasteiger partial charge in [0.15, 0.2) is 0 Å². The van der Waals surface area contributed by atoms with Gasteiger partial charge >= 0.3 is 0 Å². The van der Waals surface area contributed by atoms with E-state index >= 15 is 0 Å². The Bertz CT molecular complexity index is 698. The Labute approximate surface area is 169 Å². The van der Waals surface area contributed by atoms with Gasteiger partial charge in [0.2, 0.25) is 11.8 Å². The maximum absolute atomic E-state index is 12.6. The number of piperidine rings is 1. The van der Waals surface area contributed by atoms with Crippen molar-refractivity contribution in [1.82, 2.24) is 4.90 Å². The lowest BCUT2D eigenvalue weighted by molar-refractivity contribution is -0.134. The van der Waals surface area contributed by atoms with Crippen molar-refractivity contribution in [3.05, 3.63) is 28.8 Å². The summed E-state index contributed by atoms with van der Waals surface area (Å²) >= 11 is 0. The highest BCUT2D eigenvalue weighted by Gasteiger charge is 2.28. The number of hydrogen-bond donors (Lipinski definition) is 2. The molecule has 0 aromatic heterocycles. The molecular weight excluding hydrogens is 352 g/mol. The van der Waals surface area contributed by atoms with Gasteiger partial charge in [-0.25, -0.2) is 0 Å². The molecule has 2 amide bonds. The van der Waals surface area contributed by atoms with Crippen LogP contribution in [0, 0.1) is 5.92 Å². The number of benzene rings is 1. The van der Waals surface area contributed by atoms with Gasteiger partial charge in [-0.1, -0.05) is 53.7 Å². The summed E-state index contributed by atoms with van der Waals surface area (Å²) in [4.78, 5) is 25.8. The van der Waals surface area contributed by atoms with Crippen LogP contribution >= 0.6 is 0 Å². The van der Waals surface area contributed by atoms with Crippen molar-refractivity contribution in [1.29, 1.82) is 0 Å². The van der Waals surface area contributed by atoms with E-state index in [9.17, 15) is 14.7 Å². The minimum absolute atomic E-state index is 0.107. The molecule has 1 saturated heterocycles. The smallest absolute Gasteiger partial charge is 0.222 e. The summed E-state index contributed by atoms with van der Waals surface area (Å²) in [6.07, 6.45) is 2.38. The average Bonchev–Trinajstić information content (AvgIpc) is 2.58. The molecule has 0 unspecified atom stereocenters. The number of primary amides is 1. The van der Waals surface area contributed by atoms with Crippen molar-refractivity contribution < 1.29 is 14.7 Å². The molecule has 3 N–H and O–H groups in total. The Morgan fingerprint density at radius 1 is 1.04 bits per heavy atom. The van der Waals surface area contributed by atoms with Crippen molar-refractivity contribution in [3.8, 4) is 5.75 Å². The number of likely N-dealkylation sites (tertiary alicyclic amines) is 1. The SMILES string of the molecule is CC(C)(C)c1cc(CCC(=O)N2CCC(C(N)=O)CC2)cc(C(C)(C)C)c1O. The summed E-state index contributed by atoms with van der Waals surface area (Å²) < 4.78 is 0. The Kier molecular flexibility index (Phi) is 6.47. The lowest BCUT2D eigenvalue weighted by atomic mass is 9.78. The first-order valence-corrected chi connectivity index (χ1v) is 10.2. The summed E-state index contributed by atoms with van der Waals surface area (Å²) in [6.45, 7) is 13.7. The molecular formula is C23H36N2O3. The Balaban J connectivity index is 2.14. The standard InChI is InChI=1S/C23H36N2O3/c1-22(2,3)17-13-15(14-18(20(17)27)23(4,5)6)7-8-19(26)25-11-9-16(10-12-25)21(24)28/h13-14,16,27H,7-12H2,1-6H3,(H2,24,28). The van der Waals surface area contributed by atoms with E-state index in [0.717, 1.165) is 16.7 Å². The number of carbonyl (C=O) groups excluding carboxylic acids is 2. The molecule has 2 rings (SSSR count). The van der Waals surface area contributed by atoms with Crippen molar-refractivity contribution in [2.45, 2.75) is 78.1 Å². The van der Waals surface area contributed by atoms with E-state index in [4.69, 9.17) is 5.73 Å². The van der Waals surface area contributed by atoms with Crippen molar-refractivity contribution in [2.75, 3.05) is 13.1 Å². The molecule has 5 nitrogen and oxygen atoms in total. The highest BCUT2D eigenvalue weighted by molar-refractivity contribution is 5.79. The molecule has 156 valence electrons. The maximum Gasteiger partial charge on any atom is 0.222 e. The van der Waals surface area contributed by atoms with Crippen LogP contribution in [-0.4, -0.2) is 34.9 Å². The van der Waals surface area contributed by atoms with Gasteiger partial charge in [0.25, 0.3) is 0 Å². The number of carbonyl (C=O) groups is 2. The molecule has 0 radical (unpaired) electrons. The fourth-order valence-electron chi connectivity index (χ4n) is 3.80. The van der Waals surface area contributed by atoms with Crippen LogP contribution in [0.4, 0.5) is 0 Å². The lowest BCUT2D eigenvalue weighted by Crippen LogP contribution is -2.41. The second kappa shape index (κ2) is 8.14. The maximum atomic E-state index is 12.6. The first kappa shape index (κ1) is 22.3. The van der Waals surface area contributed by atoms with Crippen LogP contribution < -0.4 is 5.73 Å². The third-order valence-corrected chi connectivity index (χ3v) is 5.66. The van der Waals surface area contributed by atoms with E-state index in [0.29, 0.717) is 44.5 Å². The molecule has 28 heavy (non-hydrogen) atoms. The normalized spacial score (nSPS) is 16.3. The number of rotatable bonds is 4. The molecule has 0 atom stereocenters. The predicted molar refractivity (Wildman–Crippen MR) is 112 cm³/mol. The lowest BCUT2D eigenvalue weighted by Gasteiger charge is -2.31. The van der Waals surface area contributed by atoms with Gasteiger partial charge < -0.3 is 15.7 Å². The number of amides is 2. The van der Waals surface area contributed by atoms with Crippen LogP contribution in [0.2, 0.25) is 0 Å². The van der Waals surface area contributed by atoms with E-state index < -0.39 is 0 Å². The molecule has 5 heteroatoms. The molecule has 1 aromatic rings. The van der Waals surface area contributed by atoms with Crippen LogP contribution in [-0.2, 0) is 26.8 Å². The summed E-state index contributed by atoms with van der Waals surface area (Å²) in [6, 6.07) is 4.08. The van der Waals surface area contributed by atoms with Crippen molar-refractivity contribution in [3.63, 3.8) is 0 Å². The molecule has 0 aliphatic carbocycles. The number of nitrogens with two attached hydrogens (primary N) is 1. The zero-order chi connectivity index (χ0) is 21.3. The van der Waals surface area contributed by atoms with Crippen LogP contribution in [0.3, 0.4) is 0 Å². The number of phenols is 1. The minimum atomic E-state index is -0.263. The van der Waals surface area contributed by atoms with Crippen LogP contribution in [0.1, 0.15) is 77.5 Å². The van der Waals surface area contributed by atoms with Gasteiger partial charge in [-0.3, -0.25) is 9.59 Å². The highest BCUT2D eigenvalue weighted by atomic mass is 16.3. The predicted octanol–water partition coefficient (Wildman–Crippen LogP) is 3.64. The summed E-state index contributed by atoms with van der Waals surface area (Å²) in [5.41, 5.74) is 7.93. The van der Waals surface area contributed by atoms with E-state index in [2.05, 4.69) is 41.5 Å². The van der Waals surface area contributed by atoms with E-state index in [1.165, 1.54) is 0 Å². The quantitative estimate of drug-likeness (QED) is 0.826. The fraction of sp³-hybridized carbons (Fsp3) is 0.652. The molecule has 1 fully saturated rings. The summed E-state index contributed by atoms with van der Waals surface area (Å²) in [5, 5.41) is 10.8. The molecule has 0 saturated carbocycles. The first-order valence-electron chi connectivity index (χ1n) is 10.2. The van der Waals surface area contributed by atoms with Crippen LogP contribution in [0.25, 0.3) is 0 Å². The second-order valence-corrected chi connectivity index (χ2v) is 10.1. The number of aryl methyl sites for hydroxylation is 1. The molecule has 0 spiro atoms. The number of hydrogen-bond acceptors (Lipinski definition) is 3. The van der Waals surface area contributed by atoms with E-state index in [1.807, 2.05) is 17.0 Å². The van der Waals surface area contributed by atoms with Crippen molar-refractivity contribution >= 4 is 11.8 Å². The van der Waals surface area contributed by atoms with Gasteiger partial charge in [-0.2, -0.15) is 0 Å². The van der Waals surface area contributed by atoms with Crippen LogP contribution in [0.15, 0.2) is 12.1 Å². The fourth-order valence-corrected chi connectivity index (χ4v) is 3.80. The minimum Gasteiger partial charge on any atom is -0.507 e. The highest BCUT2D eigenvalue weighted by Crippen LogP contribution is 2.40. The van der Waals surface area contributed by atoms with Gasteiger partial charge in [0, 0.05) is 25.4 Å². The third-order valence-electron chi connectivity index (χ3n) is 5.66. The molecule has 1 aliphatic heterocycles. The average molecular weight is 389 g/mol. The largest absolute Gasteiger partial charge is 0.507 e. The van der Waals surface area contributed by atoms with E-state index in [1.54, 1.807) is 0 Å². The first-order chi connectivity index (χ1) is 12.8. The van der Waals surface area contributed by atoms with Gasteiger partial charge in [0.1, 0.15) is 5.75 Å². The second-order valence-electron chi connectivity index (χ2n) is 10.1. The van der Waals surface area contributed by atoms with Crippen molar-refractivity contribution in [2.24, 2.45) is 11.7 Å².